The molecule has 0 aromatic heterocycles. The van der Waals surface area contributed by atoms with Gasteiger partial charge in [0.15, 0.2) is 6.29 Å². The van der Waals surface area contributed by atoms with Crippen LogP contribution < -0.4 is 0 Å². The van der Waals surface area contributed by atoms with E-state index in [1.165, 1.54) is 5.56 Å². The monoisotopic (exact) mass is 206 g/mol. The Kier molecular flexibility index (Phi) is 3.39. The van der Waals surface area contributed by atoms with Gasteiger partial charge in [0, 0.05) is 6.42 Å². The molecule has 1 aliphatic heterocycles. The van der Waals surface area contributed by atoms with E-state index in [1.54, 1.807) is 0 Å². The van der Waals surface area contributed by atoms with Crippen LogP contribution in [0.4, 0.5) is 0 Å². The quantitative estimate of drug-likeness (QED) is 0.740. The van der Waals surface area contributed by atoms with E-state index in [1.807, 2.05) is 18.2 Å². The van der Waals surface area contributed by atoms with E-state index in [0.717, 1.165) is 12.8 Å². The highest BCUT2D eigenvalue weighted by molar-refractivity contribution is 5.15. The first-order chi connectivity index (χ1) is 7.24. The SMILES string of the molecule is CC1C[C@H](C)OC(Cc2ccccc2)O1. The van der Waals surface area contributed by atoms with Gasteiger partial charge < -0.3 is 9.47 Å². The maximum atomic E-state index is 5.74. The molecule has 1 aromatic rings. The van der Waals surface area contributed by atoms with Crippen LogP contribution in [0.25, 0.3) is 0 Å². The molecular weight excluding hydrogens is 188 g/mol. The highest BCUT2D eigenvalue weighted by atomic mass is 16.7. The molecule has 0 saturated carbocycles. The average Bonchev–Trinajstić information content (AvgIpc) is 2.17. The lowest BCUT2D eigenvalue weighted by Gasteiger charge is -2.32. The molecule has 2 unspecified atom stereocenters. The van der Waals surface area contributed by atoms with Crippen LogP contribution in [0.15, 0.2) is 30.3 Å². The van der Waals surface area contributed by atoms with Gasteiger partial charge in [0.25, 0.3) is 0 Å². The third-order valence-electron chi connectivity index (χ3n) is 2.68. The van der Waals surface area contributed by atoms with Gasteiger partial charge in [-0.1, -0.05) is 30.3 Å². The van der Waals surface area contributed by atoms with E-state index < -0.39 is 0 Å². The molecule has 2 heteroatoms. The third-order valence-corrected chi connectivity index (χ3v) is 2.68. The van der Waals surface area contributed by atoms with E-state index >= 15 is 0 Å². The summed E-state index contributed by atoms with van der Waals surface area (Å²) in [7, 11) is 0. The highest BCUT2D eigenvalue weighted by Crippen LogP contribution is 2.20. The van der Waals surface area contributed by atoms with Gasteiger partial charge in [-0.05, 0) is 25.8 Å². The second-order valence-corrected chi connectivity index (χ2v) is 4.25. The Morgan fingerprint density at radius 1 is 1.07 bits per heavy atom. The second-order valence-electron chi connectivity index (χ2n) is 4.25. The van der Waals surface area contributed by atoms with Crippen LogP contribution in [0, 0.1) is 0 Å². The fourth-order valence-corrected chi connectivity index (χ4v) is 2.03. The lowest BCUT2D eigenvalue weighted by Crippen LogP contribution is -2.36. The summed E-state index contributed by atoms with van der Waals surface area (Å²) in [6.07, 6.45) is 2.37. The summed E-state index contributed by atoms with van der Waals surface area (Å²) in [5.41, 5.74) is 1.27. The van der Waals surface area contributed by atoms with Gasteiger partial charge in [-0.25, -0.2) is 0 Å². The zero-order valence-electron chi connectivity index (χ0n) is 9.35. The molecule has 15 heavy (non-hydrogen) atoms. The number of rotatable bonds is 2. The normalized spacial score (nSPS) is 31.5. The molecule has 1 aliphatic rings. The predicted octanol–water partition coefficient (Wildman–Crippen LogP) is 2.77. The summed E-state index contributed by atoms with van der Waals surface area (Å²) in [4.78, 5) is 0. The molecule has 0 spiro atoms. The molecular formula is C13H18O2. The summed E-state index contributed by atoms with van der Waals surface area (Å²) in [6, 6.07) is 10.3. The molecule has 0 N–H and O–H groups in total. The molecule has 2 rings (SSSR count). The van der Waals surface area contributed by atoms with Crippen molar-refractivity contribution in [1.82, 2.24) is 0 Å². The molecule has 0 aliphatic carbocycles. The Labute approximate surface area is 91.2 Å². The summed E-state index contributed by atoms with van der Waals surface area (Å²) >= 11 is 0. The van der Waals surface area contributed by atoms with Crippen LogP contribution in [0.5, 0.6) is 0 Å². The van der Waals surface area contributed by atoms with Crippen molar-refractivity contribution in [2.24, 2.45) is 0 Å². The molecule has 82 valence electrons. The molecule has 1 heterocycles. The lowest BCUT2D eigenvalue weighted by atomic mass is 10.1. The largest absolute Gasteiger partial charge is 0.349 e. The van der Waals surface area contributed by atoms with Crippen LogP contribution in [0.2, 0.25) is 0 Å². The minimum Gasteiger partial charge on any atom is -0.349 e. The van der Waals surface area contributed by atoms with E-state index in [-0.39, 0.29) is 6.29 Å². The number of hydrogen-bond donors (Lipinski definition) is 0. The molecule has 0 amide bonds. The zero-order chi connectivity index (χ0) is 10.7. The predicted molar refractivity (Wildman–Crippen MR) is 59.6 cm³/mol. The van der Waals surface area contributed by atoms with Crippen LogP contribution in [-0.2, 0) is 15.9 Å². The standard InChI is InChI=1S/C13H18O2/c1-10-8-11(2)15-13(14-10)9-12-6-4-3-5-7-12/h3-7,10-11,13H,8-9H2,1-2H3/t10-,11?,13?/m0/s1. The van der Waals surface area contributed by atoms with Crippen molar-refractivity contribution in [3.05, 3.63) is 35.9 Å². The second kappa shape index (κ2) is 4.77. The minimum absolute atomic E-state index is 0.0776. The van der Waals surface area contributed by atoms with Crippen molar-refractivity contribution < 1.29 is 9.47 Å². The molecule has 1 aromatic carbocycles. The van der Waals surface area contributed by atoms with Crippen molar-refractivity contribution in [3.63, 3.8) is 0 Å². The van der Waals surface area contributed by atoms with Crippen LogP contribution >= 0.6 is 0 Å². The summed E-state index contributed by atoms with van der Waals surface area (Å²) in [6.45, 7) is 4.22. The van der Waals surface area contributed by atoms with E-state index in [2.05, 4.69) is 26.0 Å². The van der Waals surface area contributed by atoms with E-state index in [0.29, 0.717) is 12.2 Å². The Hall–Kier alpha value is -0.860. The summed E-state index contributed by atoms with van der Waals surface area (Å²) in [5, 5.41) is 0. The molecule has 1 fully saturated rings. The van der Waals surface area contributed by atoms with Crippen LogP contribution in [0.1, 0.15) is 25.8 Å². The topological polar surface area (TPSA) is 18.5 Å². The van der Waals surface area contributed by atoms with E-state index in [4.69, 9.17) is 9.47 Å². The smallest absolute Gasteiger partial charge is 0.162 e. The maximum absolute atomic E-state index is 5.74. The van der Waals surface area contributed by atoms with Gasteiger partial charge in [-0.15, -0.1) is 0 Å². The fraction of sp³-hybridized carbons (Fsp3) is 0.538. The molecule has 3 atom stereocenters. The maximum Gasteiger partial charge on any atom is 0.162 e. The van der Waals surface area contributed by atoms with Crippen molar-refractivity contribution in [1.29, 1.82) is 0 Å². The fourth-order valence-electron chi connectivity index (χ4n) is 2.03. The van der Waals surface area contributed by atoms with Crippen LogP contribution in [-0.4, -0.2) is 18.5 Å². The Bertz CT molecular complexity index is 287. The molecule has 0 bridgehead atoms. The Morgan fingerprint density at radius 2 is 1.67 bits per heavy atom. The zero-order valence-corrected chi connectivity index (χ0v) is 9.35. The van der Waals surface area contributed by atoms with Crippen molar-refractivity contribution in [3.8, 4) is 0 Å². The molecule has 1 saturated heterocycles. The van der Waals surface area contributed by atoms with Gasteiger partial charge in [-0.2, -0.15) is 0 Å². The Morgan fingerprint density at radius 3 is 2.27 bits per heavy atom. The van der Waals surface area contributed by atoms with E-state index in [9.17, 15) is 0 Å². The summed E-state index contributed by atoms with van der Waals surface area (Å²) in [5.74, 6) is 0. The van der Waals surface area contributed by atoms with Gasteiger partial charge in [0.2, 0.25) is 0 Å². The molecule has 2 nitrogen and oxygen atoms in total. The third kappa shape index (κ3) is 3.05. The van der Waals surface area contributed by atoms with Gasteiger partial charge >= 0.3 is 0 Å². The van der Waals surface area contributed by atoms with Gasteiger partial charge in [0.05, 0.1) is 12.2 Å². The first kappa shape index (κ1) is 10.7. The number of benzene rings is 1. The summed E-state index contributed by atoms with van der Waals surface area (Å²) < 4.78 is 11.5. The number of hydrogen-bond acceptors (Lipinski definition) is 2. The van der Waals surface area contributed by atoms with Crippen molar-refractivity contribution in [2.45, 2.75) is 45.2 Å². The van der Waals surface area contributed by atoms with Gasteiger partial charge in [0.1, 0.15) is 0 Å². The van der Waals surface area contributed by atoms with Crippen LogP contribution in [0.3, 0.4) is 0 Å². The molecule has 0 radical (unpaired) electrons. The lowest BCUT2D eigenvalue weighted by molar-refractivity contribution is -0.232. The average molecular weight is 206 g/mol. The Balaban J connectivity index is 1.94. The van der Waals surface area contributed by atoms with Crippen molar-refractivity contribution in [2.75, 3.05) is 0 Å². The number of ether oxygens (including phenoxy) is 2. The minimum atomic E-state index is -0.0776. The van der Waals surface area contributed by atoms with Gasteiger partial charge in [-0.3, -0.25) is 0 Å². The first-order valence-electron chi connectivity index (χ1n) is 5.59. The highest BCUT2D eigenvalue weighted by Gasteiger charge is 2.24. The van der Waals surface area contributed by atoms with Crippen molar-refractivity contribution >= 4 is 0 Å². The first-order valence-corrected chi connectivity index (χ1v) is 5.59.